The van der Waals surface area contributed by atoms with Gasteiger partial charge in [-0.25, -0.2) is 8.78 Å². The number of ketones is 2. The summed E-state index contributed by atoms with van der Waals surface area (Å²) < 4.78 is 44.7. The number of hydrogen-bond donors (Lipinski definition) is 1. The van der Waals surface area contributed by atoms with Crippen molar-refractivity contribution in [1.82, 2.24) is 0 Å². The minimum absolute atomic E-state index is 0.00456. The second kappa shape index (κ2) is 6.33. The van der Waals surface area contributed by atoms with Crippen molar-refractivity contribution < 1.29 is 33.0 Å². The van der Waals surface area contributed by atoms with E-state index in [0.29, 0.717) is 6.42 Å². The summed E-state index contributed by atoms with van der Waals surface area (Å²) in [6.07, 6.45) is 0.267. The van der Waals surface area contributed by atoms with E-state index in [4.69, 9.17) is 9.47 Å². The molecule has 1 N–H and O–H groups in total. The number of ether oxygens (including phenoxy) is 2. The van der Waals surface area contributed by atoms with Crippen LogP contribution in [0.1, 0.15) is 53.4 Å². The number of rotatable bonds is 2. The molecule has 0 bridgehead atoms. The van der Waals surface area contributed by atoms with E-state index in [0.717, 1.165) is 0 Å². The summed E-state index contributed by atoms with van der Waals surface area (Å²) in [5, 5.41) is 11.3. The first-order chi connectivity index (χ1) is 14.5. The van der Waals surface area contributed by atoms with Crippen LogP contribution < -0.4 is 0 Å². The van der Waals surface area contributed by atoms with Crippen molar-refractivity contribution in [2.45, 2.75) is 89.3 Å². The van der Waals surface area contributed by atoms with Crippen molar-refractivity contribution in [2.75, 3.05) is 0 Å². The number of carbonyl (C=O) groups is 2. The van der Waals surface area contributed by atoms with Gasteiger partial charge >= 0.3 is 0 Å². The molecule has 0 radical (unpaired) electrons. The van der Waals surface area contributed by atoms with E-state index in [-0.39, 0.29) is 36.4 Å². The van der Waals surface area contributed by atoms with Crippen LogP contribution in [0.5, 0.6) is 0 Å². The number of carbonyl (C=O) groups excluding carboxylic acids is 2. The zero-order valence-corrected chi connectivity index (χ0v) is 18.4. The second-order valence-corrected chi connectivity index (χ2v) is 10.4. The van der Waals surface area contributed by atoms with Crippen LogP contribution in [0.15, 0.2) is 23.8 Å². The molecule has 3 saturated carbocycles. The Kier molecular flexibility index (Phi) is 4.37. The fraction of sp³-hybridized carbons (Fsp3) is 0.750. The largest absolute Gasteiger partial charge is 0.390 e. The van der Waals surface area contributed by atoms with Crippen molar-refractivity contribution >= 4 is 11.6 Å². The summed E-state index contributed by atoms with van der Waals surface area (Å²) >= 11 is 0. The molecule has 1 saturated heterocycles. The van der Waals surface area contributed by atoms with Gasteiger partial charge < -0.3 is 14.6 Å². The number of allylic oxidation sites excluding steroid dienone is 4. The topological polar surface area (TPSA) is 72.8 Å². The molecule has 5 unspecified atom stereocenters. The Morgan fingerprint density at radius 2 is 2.00 bits per heavy atom. The van der Waals surface area contributed by atoms with Gasteiger partial charge in [0.15, 0.2) is 29.1 Å². The highest BCUT2D eigenvalue weighted by Crippen LogP contribution is 2.72. The maximum absolute atomic E-state index is 17.1. The molecule has 5 nitrogen and oxygen atoms in total. The molecule has 170 valence electrons. The van der Waals surface area contributed by atoms with Crippen LogP contribution in [0.2, 0.25) is 0 Å². The number of hydrogen-bond acceptors (Lipinski definition) is 5. The van der Waals surface area contributed by atoms with E-state index in [1.807, 2.05) is 6.92 Å². The summed E-state index contributed by atoms with van der Waals surface area (Å²) in [5.74, 6) is -1.73. The van der Waals surface area contributed by atoms with Crippen molar-refractivity contribution in [3.8, 4) is 0 Å². The minimum atomic E-state index is -2.16. The number of fused-ring (bicyclic) bond motifs is 7. The van der Waals surface area contributed by atoms with Crippen LogP contribution in [0.25, 0.3) is 0 Å². The van der Waals surface area contributed by atoms with Gasteiger partial charge in [0.2, 0.25) is 0 Å². The summed E-state index contributed by atoms with van der Waals surface area (Å²) in [4.78, 5) is 25.2. The third-order valence-electron chi connectivity index (χ3n) is 9.23. The zero-order valence-electron chi connectivity index (χ0n) is 18.4. The number of aliphatic hydroxyl groups excluding tert-OH is 1. The highest BCUT2D eigenvalue weighted by Gasteiger charge is 2.79. The lowest BCUT2D eigenvalue weighted by molar-refractivity contribution is -0.232. The third kappa shape index (κ3) is 2.25. The van der Waals surface area contributed by atoms with Gasteiger partial charge in [0.1, 0.15) is 6.17 Å². The predicted octanol–water partition coefficient (Wildman–Crippen LogP) is 3.39. The Morgan fingerprint density at radius 3 is 2.68 bits per heavy atom. The normalized spacial score (nSPS) is 55.2. The lowest BCUT2D eigenvalue weighted by Crippen LogP contribution is -2.70. The van der Waals surface area contributed by atoms with E-state index < -0.39 is 58.6 Å². The average molecular weight is 436 g/mol. The van der Waals surface area contributed by atoms with Crippen LogP contribution in [0, 0.1) is 22.7 Å². The van der Waals surface area contributed by atoms with E-state index in [2.05, 4.69) is 0 Å². The maximum Gasteiger partial charge on any atom is 0.178 e. The molecule has 4 fully saturated rings. The average Bonchev–Trinajstić information content (AvgIpc) is 3.16. The molecule has 0 aromatic heterocycles. The monoisotopic (exact) mass is 436 g/mol. The SMILES string of the molecule is CCC(=O)[C@@]12O[C@H](C)OC1CC1C3CC(F)C4=CC(=O)C=C[C@]4(C)C3(F)[C@@H](O)C[C@@]12C. The third-order valence-corrected chi connectivity index (χ3v) is 9.23. The first kappa shape index (κ1) is 21.4. The quantitative estimate of drug-likeness (QED) is 0.718. The van der Waals surface area contributed by atoms with Gasteiger partial charge in [-0.1, -0.05) is 19.9 Å². The molecule has 4 aliphatic carbocycles. The van der Waals surface area contributed by atoms with Gasteiger partial charge in [0.25, 0.3) is 0 Å². The van der Waals surface area contributed by atoms with Gasteiger partial charge in [-0.15, -0.1) is 0 Å². The Morgan fingerprint density at radius 1 is 1.29 bits per heavy atom. The summed E-state index contributed by atoms with van der Waals surface area (Å²) in [7, 11) is 0. The summed E-state index contributed by atoms with van der Waals surface area (Å²) in [6.45, 7) is 6.94. The zero-order chi connectivity index (χ0) is 22.6. The molecule has 0 spiro atoms. The van der Waals surface area contributed by atoms with E-state index >= 15 is 8.78 Å². The molecule has 10 atom stereocenters. The molecule has 31 heavy (non-hydrogen) atoms. The molecule has 5 aliphatic rings. The summed E-state index contributed by atoms with van der Waals surface area (Å²) in [6, 6.07) is 0. The van der Waals surface area contributed by atoms with E-state index in [1.165, 1.54) is 18.2 Å². The Labute approximate surface area is 180 Å². The van der Waals surface area contributed by atoms with E-state index in [9.17, 15) is 14.7 Å². The minimum Gasteiger partial charge on any atom is -0.390 e. The smallest absolute Gasteiger partial charge is 0.178 e. The highest BCUT2D eigenvalue weighted by molar-refractivity contribution is 6.01. The number of Topliss-reactive ketones (excluding diaryl/α,β-unsaturated/α-hetero) is 1. The number of aliphatic hydroxyl groups is 1. The van der Waals surface area contributed by atoms with Gasteiger partial charge in [0, 0.05) is 23.2 Å². The lowest BCUT2D eigenvalue weighted by Gasteiger charge is -2.63. The van der Waals surface area contributed by atoms with Crippen LogP contribution in [-0.2, 0) is 19.1 Å². The molecular formula is C24H30F2O5. The fourth-order valence-corrected chi connectivity index (χ4v) is 7.89. The van der Waals surface area contributed by atoms with Crippen LogP contribution in [0.4, 0.5) is 8.78 Å². The van der Waals surface area contributed by atoms with Crippen molar-refractivity contribution in [3.63, 3.8) is 0 Å². The Hall–Kier alpha value is -1.44. The van der Waals surface area contributed by atoms with Crippen LogP contribution in [-0.4, -0.2) is 52.6 Å². The standard InChI is InChI=1S/C24H30F2O5/c1-5-18(28)24-20(30-12(2)31-24)10-14-15-9-17(25)16-8-13(27)6-7-21(16,3)23(15,26)19(29)11-22(14,24)4/h6-8,12,14-15,17,19-20,29H,5,9-11H2,1-4H3/t12-,14?,15?,17?,19+,20?,21+,22+,23?,24-/m1/s1. The second-order valence-electron chi connectivity index (χ2n) is 10.4. The van der Waals surface area contributed by atoms with Gasteiger partial charge in [-0.2, -0.15) is 0 Å². The molecular weight excluding hydrogens is 406 g/mol. The van der Waals surface area contributed by atoms with Gasteiger partial charge in [-0.3, -0.25) is 9.59 Å². The Balaban J connectivity index is 1.66. The van der Waals surface area contributed by atoms with Crippen LogP contribution >= 0.6 is 0 Å². The Bertz CT molecular complexity index is 916. The molecule has 1 aliphatic heterocycles. The fourth-order valence-electron chi connectivity index (χ4n) is 7.89. The van der Waals surface area contributed by atoms with Crippen molar-refractivity contribution in [2.24, 2.45) is 22.7 Å². The van der Waals surface area contributed by atoms with Crippen molar-refractivity contribution in [3.05, 3.63) is 23.8 Å². The lowest BCUT2D eigenvalue weighted by atomic mass is 9.44. The first-order valence-electron chi connectivity index (χ1n) is 11.3. The highest BCUT2D eigenvalue weighted by atomic mass is 19.1. The first-order valence-corrected chi connectivity index (χ1v) is 11.3. The molecule has 1 heterocycles. The van der Waals surface area contributed by atoms with Gasteiger partial charge in [0.05, 0.1) is 12.2 Å². The molecule has 0 amide bonds. The van der Waals surface area contributed by atoms with Crippen LogP contribution in [0.3, 0.4) is 0 Å². The molecule has 5 rings (SSSR count). The number of halogens is 2. The van der Waals surface area contributed by atoms with E-state index in [1.54, 1.807) is 20.8 Å². The van der Waals surface area contributed by atoms with Crippen molar-refractivity contribution in [1.29, 1.82) is 0 Å². The molecule has 7 heteroatoms. The molecule has 0 aromatic rings. The number of alkyl halides is 2. The molecule has 0 aromatic carbocycles. The van der Waals surface area contributed by atoms with Gasteiger partial charge in [-0.05, 0) is 56.8 Å². The maximum atomic E-state index is 17.1. The predicted molar refractivity (Wildman–Crippen MR) is 107 cm³/mol. The summed E-state index contributed by atoms with van der Waals surface area (Å²) in [5.41, 5.74) is -5.65.